The number of rotatable bonds is 11. The number of carbonyl (C=O) groups is 2. The van der Waals surface area contributed by atoms with Crippen molar-refractivity contribution < 1.29 is 28.9 Å². The van der Waals surface area contributed by atoms with E-state index in [2.05, 4.69) is 13.0 Å². The van der Waals surface area contributed by atoms with Crippen molar-refractivity contribution in [3.05, 3.63) is 12.2 Å². The van der Waals surface area contributed by atoms with E-state index in [1.165, 1.54) is 13.8 Å². The van der Waals surface area contributed by atoms with E-state index in [-0.39, 0.29) is 42.8 Å². The maximum Gasteiger partial charge on any atom is 0.303 e. The van der Waals surface area contributed by atoms with Gasteiger partial charge in [-0.25, -0.2) is 0 Å². The molecular formula is C22H36O6. The fourth-order valence-electron chi connectivity index (χ4n) is 4.80. The summed E-state index contributed by atoms with van der Waals surface area (Å²) in [6, 6.07) is 0. The molecule has 2 rings (SSSR count). The SMILES string of the molecule is CCCCCC(C=C[C@@H]1[C@@H]2C[C@@H](OCCO)C[C@H]2C[C@H]1OC(C)=O)OC(C)=O. The molecule has 2 saturated carbocycles. The molecule has 1 unspecified atom stereocenters. The van der Waals surface area contributed by atoms with Crippen molar-refractivity contribution in [3.63, 3.8) is 0 Å². The summed E-state index contributed by atoms with van der Waals surface area (Å²) < 4.78 is 16.8. The van der Waals surface area contributed by atoms with E-state index >= 15 is 0 Å². The number of hydrogen-bond donors (Lipinski definition) is 1. The van der Waals surface area contributed by atoms with Crippen molar-refractivity contribution in [3.8, 4) is 0 Å². The maximum absolute atomic E-state index is 11.6. The fraction of sp³-hybridized carbons (Fsp3) is 0.818. The van der Waals surface area contributed by atoms with Crippen LogP contribution in [0.1, 0.15) is 65.7 Å². The Kier molecular flexibility index (Phi) is 9.45. The lowest BCUT2D eigenvalue weighted by Crippen LogP contribution is -2.25. The summed E-state index contributed by atoms with van der Waals surface area (Å²) in [5.41, 5.74) is 0. The first-order valence-corrected chi connectivity index (χ1v) is 10.7. The molecule has 0 spiro atoms. The summed E-state index contributed by atoms with van der Waals surface area (Å²) in [5, 5.41) is 8.99. The Hall–Kier alpha value is -1.40. The maximum atomic E-state index is 11.6. The van der Waals surface area contributed by atoms with E-state index in [1.807, 2.05) is 6.08 Å². The first kappa shape index (κ1) is 22.9. The van der Waals surface area contributed by atoms with Gasteiger partial charge in [-0.1, -0.05) is 25.8 Å². The highest BCUT2D eigenvalue weighted by Gasteiger charge is 2.49. The largest absolute Gasteiger partial charge is 0.462 e. The second kappa shape index (κ2) is 11.6. The molecule has 2 aliphatic rings. The quantitative estimate of drug-likeness (QED) is 0.327. The topological polar surface area (TPSA) is 82.1 Å². The van der Waals surface area contributed by atoms with Gasteiger partial charge in [0.1, 0.15) is 12.2 Å². The molecule has 6 heteroatoms. The molecule has 0 amide bonds. The van der Waals surface area contributed by atoms with Gasteiger partial charge in [0, 0.05) is 19.8 Å². The Morgan fingerprint density at radius 2 is 1.93 bits per heavy atom. The number of carbonyl (C=O) groups excluding carboxylic acids is 2. The van der Waals surface area contributed by atoms with Gasteiger partial charge in [0.2, 0.25) is 0 Å². The molecule has 160 valence electrons. The summed E-state index contributed by atoms with van der Waals surface area (Å²) in [6.45, 7) is 5.44. The monoisotopic (exact) mass is 396 g/mol. The zero-order valence-electron chi connectivity index (χ0n) is 17.5. The van der Waals surface area contributed by atoms with Gasteiger partial charge in [-0.15, -0.1) is 0 Å². The molecule has 0 radical (unpaired) electrons. The van der Waals surface area contributed by atoms with Crippen LogP contribution >= 0.6 is 0 Å². The summed E-state index contributed by atoms with van der Waals surface area (Å²) >= 11 is 0. The Bertz CT molecular complexity index is 531. The second-order valence-electron chi connectivity index (χ2n) is 8.10. The third-order valence-corrected chi connectivity index (χ3v) is 5.88. The summed E-state index contributed by atoms with van der Waals surface area (Å²) in [5.74, 6) is 0.426. The number of ether oxygens (including phenoxy) is 3. The molecule has 0 aliphatic heterocycles. The van der Waals surface area contributed by atoms with Gasteiger partial charge in [-0.3, -0.25) is 9.59 Å². The lowest BCUT2D eigenvalue weighted by Gasteiger charge is -2.23. The minimum Gasteiger partial charge on any atom is -0.462 e. The third kappa shape index (κ3) is 6.89. The van der Waals surface area contributed by atoms with E-state index in [4.69, 9.17) is 19.3 Å². The molecule has 2 aliphatic carbocycles. The first-order valence-electron chi connectivity index (χ1n) is 10.7. The average molecular weight is 397 g/mol. The van der Waals surface area contributed by atoms with Gasteiger partial charge in [0.25, 0.3) is 0 Å². The van der Waals surface area contributed by atoms with E-state index in [9.17, 15) is 9.59 Å². The molecule has 0 aromatic rings. The van der Waals surface area contributed by atoms with Crippen LogP contribution in [0.25, 0.3) is 0 Å². The molecule has 28 heavy (non-hydrogen) atoms. The van der Waals surface area contributed by atoms with Crippen LogP contribution in [0.4, 0.5) is 0 Å². The number of fused-ring (bicyclic) bond motifs is 1. The molecule has 2 fully saturated rings. The third-order valence-electron chi connectivity index (χ3n) is 5.88. The van der Waals surface area contributed by atoms with Crippen molar-refractivity contribution in [2.24, 2.45) is 17.8 Å². The van der Waals surface area contributed by atoms with Gasteiger partial charge in [-0.2, -0.15) is 0 Å². The van der Waals surface area contributed by atoms with E-state index < -0.39 is 0 Å². The molecule has 0 bridgehead atoms. The number of aliphatic hydroxyl groups excluding tert-OH is 1. The number of aliphatic hydroxyl groups is 1. The van der Waals surface area contributed by atoms with Crippen molar-refractivity contribution in [2.45, 2.75) is 84.0 Å². The predicted octanol–water partition coefficient (Wildman–Crippen LogP) is 3.41. The van der Waals surface area contributed by atoms with Gasteiger partial charge in [0.05, 0.1) is 19.3 Å². The number of hydrogen-bond acceptors (Lipinski definition) is 6. The van der Waals surface area contributed by atoms with Crippen molar-refractivity contribution in [1.82, 2.24) is 0 Å². The van der Waals surface area contributed by atoms with Gasteiger partial charge in [-0.05, 0) is 50.0 Å². The fourth-order valence-corrected chi connectivity index (χ4v) is 4.80. The Labute approximate surface area is 168 Å². The van der Waals surface area contributed by atoms with Crippen LogP contribution in [0.2, 0.25) is 0 Å². The van der Waals surface area contributed by atoms with Crippen molar-refractivity contribution in [1.29, 1.82) is 0 Å². The van der Waals surface area contributed by atoms with Crippen LogP contribution in [-0.2, 0) is 23.8 Å². The van der Waals surface area contributed by atoms with Crippen LogP contribution in [0.15, 0.2) is 12.2 Å². The molecule has 0 aromatic carbocycles. The predicted molar refractivity (Wildman–Crippen MR) is 106 cm³/mol. The lowest BCUT2D eigenvalue weighted by atomic mass is 9.90. The van der Waals surface area contributed by atoms with Crippen LogP contribution in [0.5, 0.6) is 0 Å². The molecule has 0 saturated heterocycles. The smallest absolute Gasteiger partial charge is 0.303 e. The minimum atomic E-state index is -0.273. The van der Waals surface area contributed by atoms with Gasteiger partial charge >= 0.3 is 11.9 Å². The zero-order chi connectivity index (χ0) is 20.5. The molecular weight excluding hydrogens is 360 g/mol. The Balaban J connectivity index is 2.05. The van der Waals surface area contributed by atoms with Crippen LogP contribution in [0, 0.1) is 17.8 Å². The summed E-state index contributed by atoms with van der Waals surface area (Å²) in [7, 11) is 0. The number of unbranched alkanes of at least 4 members (excludes halogenated alkanes) is 2. The lowest BCUT2D eigenvalue weighted by molar-refractivity contribution is -0.147. The van der Waals surface area contributed by atoms with Gasteiger partial charge in [0.15, 0.2) is 0 Å². The van der Waals surface area contributed by atoms with Crippen molar-refractivity contribution in [2.75, 3.05) is 13.2 Å². The van der Waals surface area contributed by atoms with Gasteiger partial charge < -0.3 is 19.3 Å². The average Bonchev–Trinajstić information content (AvgIpc) is 3.14. The van der Waals surface area contributed by atoms with Crippen LogP contribution < -0.4 is 0 Å². The molecule has 6 nitrogen and oxygen atoms in total. The Morgan fingerprint density at radius 1 is 1.14 bits per heavy atom. The van der Waals surface area contributed by atoms with E-state index in [1.54, 1.807) is 0 Å². The number of esters is 2. The highest BCUT2D eigenvalue weighted by atomic mass is 16.5. The highest BCUT2D eigenvalue weighted by Crippen LogP contribution is 2.50. The highest BCUT2D eigenvalue weighted by molar-refractivity contribution is 5.66. The zero-order valence-corrected chi connectivity index (χ0v) is 17.5. The Morgan fingerprint density at radius 3 is 2.57 bits per heavy atom. The minimum absolute atomic E-state index is 0.0348. The van der Waals surface area contributed by atoms with Crippen LogP contribution in [0.3, 0.4) is 0 Å². The first-order chi connectivity index (χ1) is 13.4. The van der Waals surface area contributed by atoms with Crippen molar-refractivity contribution >= 4 is 11.9 Å². The standard InChI is InChI=1S/C22H36O6/c1-4-5-6-7-18(27-15(2)24)8-9-20-21-14-19(26-11-10-23)12-17(21)13-22(20)28-16(3)25/h8-9,17-23H,4-7,10-14H2,1-3H3/t17-,18?,19-,20+,21+,22+/m0/s1. The van der Waals surface area contributed by atoms with E-state index in [0.29, 0.717) is 18.4 Å². The molecule has 6 atom stereocenters. The van der Waals surface area contributed by atoms with Crippen LogP contribution in [-0.4, -0.2) is 48.6 Å². The molecule has 1 N–H and O–H groups in total. The second-order valence-corrected chi connectivity index (χ2v) is 8.10. The summed E-state index contributed by atoms with van der Waals surface area (Å²) in [6.07, 6.45) is 10.6. The molecule has 0 aromatic heterocycles. The summed E-state index contributed by atoms with van der Waals surface area (Å²) in [4.78, 5) is 23.0. The molecule has 0 heterocycles. The van der Waals surface area contributed by atoms with E-state index in [0.717, 1.165) is 44.9 Å². The normalized spacial score (nSPS) is 30.4.